The van der Waals surface area contributed by atoms with Gasteiger partial charge in [0.1, 0.15) is 12.0 Å². The summed E-state index contributed by atoms with van der Waals surface area (Å²) in [5.74, 6) is 0.114. The molecule has 2 aromatic heterocycles. The molecule has 2 atom stereocenters. The van der Waals surface area contributed by atoms with Crippen molar-refractivity contribution in [2.24, 2.45) is 0 Å². The predicted molar refractivity (Wildman–Crippen MR) is 88.6 cm³/mol. The number of alkyl halides is 1. The van der Waals surface area contributed by atoms with Crippen molar-refractivity contribution in [1.29, 1.82) is 0 Å². The summed E-state index contributed by atoms with van der Waals surface area (Å²) in [5.41, 5.74) is 2.92. The average molecular weight is 344 g/mol. The number of fused-ring (bicyclic) bond motifs is 3. The summed E-state index contributed by atoms with van der Waals surface area (Å²) < 4.78 is 35.6. The number of benzene rings is 1. The fourth-order valence-electron chi connectivity index (χ4n) is 4.14. The Labute approximate surface area is 143 Å². The third kappa shape index (κ3) is 2.29. The van der Waals surface area contributed by atoms with E-state index >= 15 is 0 Å². The minimum atomic E-state index is -1.03. The van der Waals surface area contributed by atoms with Gasteiger partial charge in [0.05, 0.1) is 11.5 Å². The first-order chi connectivity index (χ1) is 12.2. The van der Waals surface area contributed by atoms with Gasteiger partial charge in [-0.25, -0.2) is 8.78 Å². The molecule has 0 spiro atoms. The maximum atomic E-state index is 14.2. The maximum Gasteiger partial charge on any atom is 0.233 e. The number of piperidine rings is 1. The second-order valence-electron chi connectivity index (χ2n) is 6.81. The molecule has 1 fully saturated rings. The van der Waals surface area contributed by atoms with Gasteiger partial charge in [-0.15, -0.1) is 0 Å². The normalized spacial score (nSPS) is 23.3. The summed E-state index contributed by atoms with van der Waals surface area (Å²) in [6.45, 7) is 1.94. The smallest absolute Gasteiger partial charge is 0.233 e. The van der Waals surface area contributed by atoms with Gasteiger partial charge in [-0.3, -0.25) is 0 Å². The molecule has 0 unspecified atom stereocenters. The van der Waals surface area contributed by atoms with E-state index in [-0.39, 0.29) is 11.7 Å². The highest BCUT2D eigenvalue weighted by Crippen LogP contribution is 2.38. The van der Waals surface area contributed by atoms with Crippen molar-refractivity contribution < 1.29 is 13.3 Å². The first kappa shape index (κ1) is 15.0. The van der Waals surface area contributed by atoms with Gasteiger partial charge in [-0.05, 0) is 44.0 Å². The van der Waals surface area contributed by atoms with Crippen LogP contribution in [0.25, 0.3) is 22.3 Å². The van der Waals surface area contributed by atoms with Crippen LogP contribution in [0.2, 0.25) is 0 Å². The van der Waals surface area contributed by atoms with Crippen LogP contribution in [0, 0.1) is 5.82 Å². The number of rotatable bonds is 2. The second kappa shape index (κ2) is 5.62. The molecule has 0 amide bonds. The lowest BCUT2D eigenvalue weighted by Gasteiger charge is -2.23. The maximum absolute atomic E-state index is 14.2. The van der Waals surface area contributed by atoms with Crippen LogP contribution in [0.15, 0.2) is 22.7 Å². The van der Waals surface area contributed by atoms with Gasteiger partial charge in [-0.2, -0.15) is 4.98 Å². The molecule has 2 aliphatic heterocycles. The zero-order chi connectivity index (χ0) is 17.0. The summed E-state index contributed by atoms with van der Waals surface area (Å²) in [6, 6.07) is 4.80. The Kier molecular flexibility index (Phi) is 3.38. The number of hydrogen-bond donors (Lipinski definition) is 1. The van der Waals surface area contributed by atoms with E-state index < -0.39 is 6.17 Å². The van der Waals surface area contributed by atoms with Gasteiger partial charge in [-0.1, -0.05) is 5.16 Å². The number of aryl methyl sites for hydroxylation is 1. The lowest BCUT2D eigenvalue weighted by molar-refractivity contribution is 0.197. The van der Waals surface area contributed by atoms with E-state index in [0.29, 0.717) is 24.7 Å². The van der Waals surface area contributed by atoms with Crippen LogP contribution in [0.4, 0.5) is 8.78 Å². The topological polar surface area (TPSA) is 55.9 Å². The second-order valence-corrected chi connectivity index (χ2v) is 6.81. The highest BCUT2D eigenvalue weighted by molar-refractivity contribution is 5.96. The molecule has 5 rings (SSSR count). The van der Waals surface area contributed by atoms with Gasteiger partial charge in [0.15, 0.2) is 0 Å². The van der Waals surface area contributed by atoms with E-state index in [0.717, 1.165) is 48.1 Å². The Balaban J connectivity index is 1.63. The zero-order valence-electron chi connectivity index (χ0n) is 13.6. The Morgan fingerprint density at radius 3 is 3.12 bits per heavy atom. The predicted octanol–water partition coefficient (Wildman–Crippen LogP) is 3.19. The van der Waals surface area contributed by atoms with Crippen LogP contribution >= 0.6 is 0 Å². The number of halogens is 2. The molecular formula is C18H18F2N4O. The van der Waals surface area contributed by atoms with Crippen LogP contribution < -0.4 is 5.32 Å². The molecule has 0 bridgehead atoms. The van der Waals surface area contributed by atoms with Gasteiger partial charge in [0, 0.05) is 29.7 Å². The fourth-order valence-corrected chi connectivity index (χ4v) is 4.14. The van der Waals surface area contributed by atoms with Crippen LogP contribution in [0.1, 0.15) is 30.3 Å². The van der Waals surface area contributed by atoms with E-state index in [2.05, 4.69) is 20.0 Å². The molecule has 0 saturated carbocycles. The first-order valence-electron chi connectivity index (χ1n) is 8.72. The summed E-state index contributed by atoms with van der Waals surface area (Å²) in [4.78, 5) is 4.50. The fraction of sp³-hybridized carbons (Fsp3) is 0.444. The Bertz CT molecular complexity index is 948. The van der Waals surface area contributed by atoms with Gasteiger partial charge < -0.3 is 14.4 Å². The molecule has 7 heteroatoms. The van der Waals surface area contributed by atoms with Crippen molar-refractivity contribution in [3.63, 3.8) is 0 Å². The van der Waals surface area contributed by atoms with E-state index in [1.165, 1.54) is 12.1 Å². The lowest BCUT2D eigenvalue weighted by Crippen LogP contribution is -2.36. The molecule has 1 saturated heterocycles. The van der Waals surface area contributed by atoms with Crippen LogP contribution in [-0.4, -0.2) is 34.0 Å². The van der Waals surface area contributed by atoms with Gasteiger partial charge in [0.2, 0.25) is 11.7 Å². The van der Waals surface area contributed by atoms with Crippen molar-refractivity contribution in [1.82, 2.24) is 20.0 Å². The van der Waals surface area contributed by atoms with Crippen molar-refractivity contribution >= 4 is 10.9 Å². The van der Waals surface area contributed by atoms with Crippen molar-refractivity contribution in [2.45, 2.75) is 37.9 Å². The SMILES string of the molecule is Fc1ccc2c(c1)c(-c1noc([C@@H]3CCNC[C@@H]3F)n1)c1n2CCC1. The van der Waals surface area contributed by atoms with E-state index in [1.54, 1.807) is 6.07 Å². The molecule has 4 heterocycles. The highest BCUT2D eigenvalue weighted by Gasteiger charge is 2.32. The van der Waals surface area contributed by atoms with E-state index in [9.17, 15) is 8.78 Å². The summed E-state index contributed by atoms with van der Waals surface area (Å²) in [6.07, 6.45) is 1.54. The lowest BCUT2D eigenvalue weighted by atomic mass is 9.96. The minimum Gasteiger partial charge on any atom is -0.344 e. The molecule has 2 aliphatic rings. The molecule has 25 heavy (non-hydrogen) atoms. The first-order valence-corrected chi connectivity index (χ1v) is 8.72. The Morgan fingerprint density at radius 2 is 2.24 bits per heavy atom. The Morgan fingerprint density at radius 1 is 1.32 bits per heavy atom. The zero-order valence-corrected chi connectivity index (χ0v) is 13.6. The van der Waals surface area contributed by atoms with Crippen molar-refractivity contribution in [2.75, 3.05) is 13.1 Å². The molecule has 0 aliphatic carbocycles. The number of hydrogen-bond acceptors (Lipinski definition) is 4. The van der Waals surface area contributed by atoms with E-state index in [1.807, 2.05) is 0 Å². The molecule has 130 valence electrons. The number of aromatic nitrogens is 3. The molecule has 1 aromatic carbocycles. The number of nitrogens with zero attached hydrogens (tertiary/aromatic N) is 3. The molecule has 0 radical (unpaired) electrons. The van der Waals surface area contributed by atoms with E-state index in [4.69, 9.17) is 4.52 Å². The average Bonchev–Trinajstić information content (AvgIpc) is 3.30. The quantitative estimate of drug-likeness (QED) is 0.776. The third-order valence-corrected chi connectivity index (χ3v) is 5.32. The summed E-state index contributed by atoms with van der Waals surface area (Å²) >= 11 is 0. The molecule has 3 aromatic rings. The van der Waals surface area contributed by atoms with Crippen molar-refractivity contribution in [3.05, 3.63) is 35.6 Å². The molecule has 1 N–H and O–H groups in total. The van der Waals surface area contributed by atoms with Crippen LogP contribution in [-0.2, 0) is 13.0 Å². The minimum absolute atomic E-state index is 0.288. The van der Waals surface area contributed by atoms with Crippen LogP contribution in [0.5, 0.6) is 0 Å². The number of nitrogens with one attached hydrogen (secondary N) is 1. The Hall–Kier alpha value is -2.28. The largest absolute Gasteiger partial charge is 0.344 e. The summed E-state index contributed by atoms with van der Waals surface area (Å²) in [5, 5.41) is 7.94. The third-order valence-electron chi connectivity index (χ3n) is 5.32. The summed E-state index contributed by atoms with van der Waals surface area (Å²) in [7, 11) is 0. The van der Waals surface area contributed by atoms with Gasteiger partial charge in [0.25, 0.3) is 0 Å². The van der Waals surface area contributed by atoms with Crippen molar-refractivity contribution in [3.8, 4) is 11.4 Å². The molecular weight excluding hydrogens is 326 g/mol. The van der Waals surface area contributed by atoms with Gasteiger partial charge >= 0.3 is 0 Å². The molecule has 5 nitrogen and oxygen atoms in total. The van der Waals surface area contributed by atoms with Crippen LogP contribution in [0.3, 0.4) is 0 Å². The standard InChI is InChI=1S/C18H18F2N4O/c19-10-3-4-14-12(8-10)16(15-2-1-7-24(14)15)17-22-18(25-23-17)11-5-6-21-9-13(11)20/h3-4,8,11,13,21H,1-2,5-7,9H2/t11-,13+/m1/s1. The monoisotopic (exact) mass is 344 g/mol. The highest BCUT2D eigenvalue weighted by atomic mass is 19.1.